The monoisotopic (exact) mass is 624 g/mol. The molecule has 1 aliphatic heterocycles. The van der Waals surface area contributed by atoms with Crippen molar-refractivity contribution in [1.29, 1.82) is 0 Å². The summed E-state index contributed by atoms with van der Waals surface area (Å²) in [7, 11) is 3.20. The fourth-order valence-corrected chi connectivity index (χ4v) is 9.10. The van der Waals surface area contributed by atoms with Crippen molar-refractivity contribution in [2.75, 3.05) is 46.8 Å². The number of Topliss-reactive ketones (excluding diaryl/α,β-unsaturated/α-hetero) is 4. The zero-order valence-corrected chi connectivity index (χ0v) is 26.0. The summed E-state index contributed by atoms with van der Waals surface area (Å²) in [4.78, 5) is 73.6. The van der Waals surface area contributed by atoms with Crippen LogP contribution in [0.2, 0.25) is 0 Å². The number of hydrogen-bond acceptors (Lipinski definition) is 11. The summed E-state index contributed by atoms with van der Waals surface area (Å²) in [5.41, 5.74) is 3.26. The number of piperazine rings is 1. The highest BCUT2D eigenvalue weighted by atomic mass is 16.3. The Balaban J connectivity index is 1.27. The topological polar surface area (TPSA) is 182 Å². The minimum atomic E-state index is -2.72. The molecular formula is C33H44N4O8. The van der Waals surface area contributed by atoms with Gasteiger partial charge in [0.05, 0.1) is 24.1 Å². The number of nitrogens with zero attached hydrogens (tertiary/aromatic N) is 3. The Kier molecular flexibility index (Phi) is 8.49. The van der Waals surface area contributed by atoms with E-state index < -0.39 is 64.7 Å². The van der Waals surface area contributed by atoms with Gasteiger partial charge in [-0.25, -0.2) is 0 Å². The maximum Gasteiger partial charge on any atom is 0.230 e. The largest absolute Gasteiger partial charge is 0.507 e. The van der Waals surface area contributed by atoms with Crippen LogP contribution in [0.15, 0.2) is 12.1 Å². The van der Waals surface area contributed by atoms with Crippen LogP contribution in [0.3, 0.4) is 0 Å². The second-order valence-corrected chi connectivity index (χ2v) is 14.0. The van der Waals surface area contributed by atoms with Crippen molar-refractivity contribution in [3.8, 4) is 5.75 Å². The number of fused-ring (bicyclic) bond motifs is 3. The van der Waals surface area contributed by atoms with Crippen molar-refractivity contribution < 1.29 is 39.3 Å². The molecule has 5 aliphatic rings. The number of carbonyl (C=O) groups excluding carboxylic acids is 5. The Hall–Kier alpha value is -3.03. The lowest BCUT2D eigenvalue weighted by atomic mass is 9.52. The number of phenolic OH excluding ortho intramolecular Hbond substituents is 1. The highest BCUT2D eigenvalue weighted by molar-refractivity contribution is 6.26. The van der Waals surface area contributed by atoms with Gasteiger partial charge in [0, 0.05) is 49.7 Å². The van der Waals surface area contributed by atoms with Crippen LogP contribution in [0.25, 0.3) is 0 Å². The van der Waals surface area contributed by atoms with E-state index in [1.54, 1.807) is 19.0 Å². The molecule has 0 spiro atoms. The molecule has 4 fully saturated rings. The molecule has 0 bridgehead atoms. The fraction of sp³-hybridized carbons (Fsp3) is 0.667. The number of nitrogens with two attached hydrogens (primary N) is 1. The maximum absolute atomic E-state index is 14.0. The Morgan fingerprint density at radius 3 is 2.31 bits per heavy atom. The van der Waals surface area contributed by atoms with Gasteiger partial charge in [0.1, 0.15) is 11.7 Å². The van der Waals surface area contributed by atoms with Crippen LogP contribution < -0.4 is 5.73 Å². The zero-order valence-electron chi connectivity index (χ0n) is 26.0. The van der Waals surface area contributed by atoms with Crippen molar-refractivity contribution in [2.24, 2.45) is 29.4 Å². The standard InChI is InChI=1S/C33H44N4O8/c1-35(2)27-21-15-17-14-20-19(23(39)16-36-10-12-37(13-11-36)18-6-4-3-5-7-18)8-9-22(38)25(20)28(40)24(17)30(42)33(21,45)31(43)26(29(27)41)32(34)44/h8-9,17-18,21,24,26-27,29,38,41,45H,3-7,10-16H2,1-2H3,(H2,34,44)/t17-,21-,24?,26?,27-,29?,33-/m0/s1. The number of benzene rings is 1. The number of phenols is 1. The minimum absolute atomic E-state index is 0.00162. The molecule has 244 valence electrons. The zero-order chi connectivity index (χ0) is 32.4. The van der Waals surface area contributed by atoms with Crippen LogP contribution in [-0.2, 0) is 20.8 Å². The average molecular weight is 625 g/mol. The summed E-state index contributed by atoms with van der Waals surface area (Å²) in [6.45, 7) is 3.48. The van der Waals surface area contributed by atoms with Crippen LogP contribution in [0.1, 0.15) is 64.8 Å². The van der Waals surface area contributed by atoms with Crippen molar-refractivity contribution in [1.82, 2.24) is 14.7 Å². The van der Waals surface area contributed by atoms with Crippen molar-refractivity contribution in [2.45, 2.75) is 68.7 Å². The number of hydrogen-bond donors (Lipinski definition) is 4. The molecule has 0 aromatic heterocycles. The average Bonchev–Trinajstić information content (AvgIpc) is 2.99. The van der Waals surface area contributed by atoms with Crippen molar-refractivity contribution in [3.05, 3.63) is 28.8 Å². The number of aromatic hydroxyl groups is 1. The summed E-state index contributed by atoms with van der Waals surface area (Å²) >= 11 is 0. The van der Waals surface area contributed by atoms with Crippen molar-refractivity contribution in [3.63, 3.8) is 0 Å². The molecule has 12 heteroatoms. The molecule has 3 unspecified atom stereocenters. The van der Waals surface area contributed by atoms with E-state index in [2.05, 4.69) is 9.80 Å². The molecule has 1 heterocycles. The summed E-state index contributed by atoms with van der Waals surface area (Å²) < 4.78 is 0. The number of aliphatic hydroxyl groups is 2. The third kappa shape index (κ3) is 5.14. The Bertz CT molecular complexity index is 1420. The smallest absolute Gasteiger partial charge is 0.230 e. The highest BCUT2D eigenvalue weighted by Gasteiger charge is 2.69. The molecule has 3 saturated carbocycles. The molecule has 6 rings (SSSR count). The number of rotatable bonds is 6. The Morgan fingerprint density at radius 1 is 1.02 bits per heavy atom. The van der Waals surface area contributed by atoms with E-state index in [9.17, 15) is 39.3 Å². The van der Waals surface area contributed by atoms with Crippen LogP contribution >= 0.6 is 0 Å². The van der Waals surface area contributed by atoms with Gasteiger partial charge >= 0.3 is 0 Å². The molecular weight excluding hydrogens is 580 g/mol. The number of ketones is 4. The first-order chi connectivity index (χ1) is 21.4. The van der Waals surface area contributed by atoms with Crippen LogP contribution in [0.4, 0.5) is 0 Å². The summed E-state index contributed by atoms with van der Waals surface area (Å²) in [5, 5.41) is 33.6. The van der Waals surface area contributed by atoms with E-state index in [4.69, 9.17) is 5.73 Å². The van der Waals surface area contributed by atoms with Crippen molar-refractivity contribution >= 4 is 29.0 Å². The Labute approximate surface area is 262 Å². The predicted octanol–water partition coefficient (Wildman–Crippen LogP) is -0.208. The Morgan fingerprint density at radius 2 is 1.69 bits per heavy atom. The van der Waals surface area contributed by atoms with Crippen LogP contribution in [-0.4, -0.2) is 130 Å². The van der Waals surface area contributed by atoms with Gasteiger partial charge in [0.2, 0.25) is 5.91 Å². The molecule has 12 nitrogen and oxygen atoms in total. The molecule has 7 atom stereocenters. The van der Waals surface area contributed by atoms with Gasteiger partial charge in [0.15, 0.2) is 28.7 Å². The third-order valence-corrected chi connectivity index (χ3v) is 11.3. The lowest BCUT2D eigenvalue weighted by Gasteiger charge is -2.54. The first kappa shape index (κ1) is 31.9. The summed E-state index contributed by atoms with van der Waals surface area (Å²) in [6.07, 6.45) is 4.82. The first-order valence-electron chi connectivity index (χ1n) is 16.2. The number of carbonyl (C=O) groups is 5. The van der Waals surface area contributed by atoms with Gasteiger partial charge in [-0.05, 0) is 63.4 Å². The second-order valence-electron chi connectivity index (χ2n) is 14.0. The molecule has 1 aromatic rings. The molecule has 5 N–H and O–H groups in total. The van der Waals surface area contributed by atoms with E-state index in [1.165, 1.54) is 44.2 Å². The van der Waals surface area contributed by atoms with Gasteiger partial charge < -0.3 is 26.0 Å². The number of likely N-dealkylation sites (N-methyl/N-ethyl adjacent to an activating group) is 1. The quantitative estimate of drug-likeness (QED) is 0.243. The van der Waals surface area contributed by atoms with E-state index in [1.807, 2.05) is 0 Å². The number of primary amides is 1. The van der Waals surface area contributed by atoms with Gasteiger partial charge in [-0.2, -0.15) is 0 Å². The van der Waals surface area contributed by atoms with Crippen LogP contribution in [0.5, 0.6) is 5.75 Å². The first-order valence-corrected chi connectivity index (χ1v) is 16.2. The number of amides is 1. The molecule has 4 aliphatic carbocycles. The molecule has 1 saturated heterocycles. The second kappa shape index (κ2) is 12.0. The van der Waals surface area contributed by atoms with Gasteiger partial charge in [-0.15, -0.1) is 0 Å². The van der Waals surface area contributed by atoms with Gasteiger partial charge in [-0.1, -0.05) is 19.3 Å². The highest BCUT2D eigenvalue weighted by Crippen LogP contribution is 2.51. The lowest BCUT2D eigenvalue weighted by Crippen LogP contribution is -2.75. The normalized spacial score (nSPS) is 34.7. The SMILES string of the molecule is CN(C)[C@@H]1C(O)C(C(N)=O)C(=O)[C@@]2(O)C(=O)C3C(=O)c4c(O)ccc(C(=O)CN5CCN(C6CCCCC6)CC5)c4C[C@H]3C[C@@H]12. The lowest BCUT2D eigenvalue weighted by molar-refractivity contribution is -0.190. The van der Waals surface area contributed by atoms with Crippen LogP contribution in [0, 0.1) is 23.7 Å². The molecule has 0 radical (unpaired) electrons. The van der Waals surface area contributed by atoms with E-state index in [0.29, 0.717) is 17.2 Å². The summed E-state index contributed by atoms with van der Waals surface area (Å²) in [6, 6.07) is 2.44. The summed E-state index contributed by atoms with van der Waals surface area (Å²) in [5.74, 6) is -9.84. The molecule has 1 amide bonds. The molecule has 45 heavy (non-hydrogen) atoms. The van der Waals surface area contributed by atoms with E-state index >= 15 is 0 Å². The van der Waals surface area contributed by atoms with Gasteiger partial charge in [0.25, 0.3) is 0 Å². The minimum Gasteiger partial charge on any atom is -0.507 e. The predicted molar refractivity (Wildman–Crippen MR) is 162 cm³/mol. The fourth-order valence-electron chi connectivity index (χ4n) is 9.10. The van der Waals surface area contributed by atoms with Gasteiger partial charge in [-0.3, -0.25) is 33.8 Å². The third-order valence-electron chi connectivity index (χ3n) is 11.3. The maximum atomic E-state index is 14.0. The van der Waals surface area contributed by atoms with E-state index in [-0.39, 0.29) is 36.5 Å². The molecule has 1 aromatic carbocycles. The number of aliphatic hydroxyl groups excluding tert-OH is 1. The van der Waals surface area contributed by atoms with E-state index in [0.717, 1.165) is 26.2 Å².